The molecule has 0 saturated heterocycles. The fourth-order valence-electron chi connectivity index (χ4n) is 1.60. The number of carboxylic acid groups (broad SMARTS) is 1. The van der Waals surface area contributed by atoms with Crippen LogP contribution in [0.15, 0.2) is 28.8 Å². The summed E-state index contributed by atoms with van der Waals surface area (Å²) in [6.45, 7) is 1.79. The van der Waals surface area contributed by atoms with Crippen LogP contribution in [0.3, 0.4) is 0 Å². The van der Waals surface area contributed by atoms with Crippen LogP contribution in [0.5, 0.6) is 5.75 Å². The molecule has 7 heteroatoms. The van der Waals surface area contributed by atoms with Crippen LogP contribution < -0.4 is 4.74 Å². The molecule has 0 atom stereocenters. The standard InChI is InChI=1S/C14H13FN2O4/c1-2-12-16-11(17-21-12)8-20-14-9(6-7-13(18)19)4-3-5-10(14)15/h3-7H,2,8H2,1H3,(H,18,19)/b7-6+. The lowest BCUT2D eigenvalue weighted by atomic mass is 10.2. The van der Waals surface area contributed by atoms with Crippen LogP contribution in [0.1, 0.15) is 24.2 Å². The van der Waals surface area contributed by atoms with Gasteiger partial charge in [0.05, 0.1) is 0 Å². The first-order valence-electron chi connectivity index (χ1n) is 6.24. The molecule has 1 N–H and O–H groups in total. The van der Waals surface area contributed by atoms with E-state index in [-0.39, 0.29) is 12.4 Å². The lowest BCUT2D eigenvalue weighted by molar-refractivity contribution is -0.131. The van der Waals surface area contributed by atoms with E-state index in [0.29, 0.717) is 23.7 Å². The number of ether oxygens (including phenoxy) is 1. The summed E-state index contributed by atoms with van der Waals surface area (Å²) < 4.78 is 24.0. The Balaban J connectivity index is 2.16. The van der Waals surface area contributed by atoms with Crippen LogP contribution in [0.4, 0.5) is 4.39 Å². The minimum Gasteiger partial charge on any atom is -0.482 e. The van der Waals surface area contributed by atoms with Crippen LogP contribution in [0.25, 0.3) is 6.08 Å². The monoisotopic (exact) mass is 292 g/mol. The molecule has 0 amide bonds. The zero-order valence-corrected chi connectivity index (χ0v) is 11.2. The molecular weight excluding hydrogens is 279 g/mol. The number of halogens is 1. The maximum absolute atomic E-state index is 13.8. The highest BCUT2D eigenvalue weighted by molar-refractivity contribution is 5.85. The second-order valence-electron chi connectivity index (χ2n) is 4.08. The van der Waals surface area contributed by atoms with Crippen molar-refractivity contribution in [2.24, 2.45) is 0 Å². The molecule has 2 aromatic rings. The van der Waals surface area contributed by atoms with Gasteiger partial charge in [-0.3, -0.25) is 0 Å². The first-order valence-corrected chi connectivity index (χ1v) is 6.24. The lowest BCUT2D eigenvalue weighted by Crippen LogP contribution is -2.01. The fourth-order valence-corrected chi connectivity index (χ4v) is 1.60. The average Bonchev–Trinajstić information content (AvgIpc) is 2.92. The number of carboxylic acids is 1. The van der Waals surface area contributed by atoms with Crippen molar-refractivity contribution in [1.29, 1.82) is 0 Å². The van der Waals surface area contributed by atoms with Crippen LogP contribution in [0, 0.1) is 5.82 Å². The Morgan fingerprint density at radius 1 is 1.52 bits per heavy atom. The molecule has 1 heterocycles. The largest absolute Gasteiger partial charge is 0.482 e. The van der Waals surface area contributed by atoms with Gasteiger partial charge in [0, 0.05) is 18.1 Å². The van der Waals surface area contributed by atoms with Crippen molar-refractivity contribution in [3.8, 4) is 5.75 Å². The van der Waals surface area contributed by atoms with E-state index < -0.39 is 11.8 Å². The van der Waals surface area contributed by atoms with Crippen molar-refractivity contribution in [3.63, 3.8) is 0 Å². The average molecular weight is 292 g/mol. The molecule has 21 heavy (non-hydrogen) atoms. The number of benzene rings is 1. The SMILES string of the molecule is CCc1nc(COc2c(F)cccc2/C=C/C(=O)O)no1. The topological polar surface area (TPSA) is 85.5 Å². The van der Waals surface area contributed by atoms with Gasteiger partial charge in [0.25, 0.3) is 0 Å². The Morgan fingerprint density at radius 2 is 2.33 bits per heavy atom. The van der Waals surface area contributed by atoms with Crippen molar-refractivity contribution < 1.29 is 23.6 Å². The van der Waals surface area contributed by atoms with Gasteiger partial charge in [-0.05, 0) is 12.1 Å². The Hall–Kier alpha value is -2.70. The van der Waals surface area contributed by atoms with Crippen molar-refractivity contribution in [2.45, 2.75) is 20.0 Å². The van der Waals surface area contributed by atoms with Gasteiger partial charge in [-0.1, -0.05) is 24.2 Å². The molecule has 0 aliphatic carbocycles. The summed E-state index contributed by atoms with van der Waals surface area (Å²) in [4.78, 5) is 14.6. The summed E-state index contributed by atoms with van der Waals surface area (Å²) in [5.74, 6) is -1.02. The molecule has 2 rings (SSSR count). The number of hydrogen-bond acceptors (Lipinski definition) is 5. The second kappa shape index (κ2) is 6.65. The molecule has 1 aromatic carbocycles. The Morgan fingerprint density at radius 3 is 3.00 bits per heavy atom. The Bertz CT molecular complexity index is 667. The number of carbonyl (C=O) groups is 1. The normalized spacial score (nSPS) is 11.0. The van der Waals surface area contributed by atoms with Gasteiger partial charge in [0.1, 0.15) is 0 Å². The molecule has 0 radical (unpaired) electrons. The molecular formula is C14H13FN2O4. The summed E-state index contributed by atoms with van der Waals surface area (Å²) in [7, 11) is 0. The fraction of sp³-hybridized carbons (Fsp3) is 0.214. The highest BCUT2D eigenvalue weighted by atomic mass is 19.1. The summed E-state index contributed by atoms with van der Waals surface area (Å²) in [6.07, 6.45) is 2.76. The molecule has 0 spiro atoms. The van der Waals surface area contributed by atoms with Crippen molar-refractivity contribution in [3.05, 3.63) is 47.4 Å². The van der Waals surface area contributed by atoms with E-state index in [1.165, 1.54) is 18.2 Å². The first kappa shape index (κ1) is 14.7. The number of hydrogen-bond donors (Lipinski definition) is 1. The lowest BCUT2D eigenvalue weighted by Gasteiger charge is -2.08. The minimum atomic E-state index is -1.13. The first-order chi connectivity index (χ1) is 10.1. The van der Waals surface area contributed by atoms with Crippen molar-refractivity contribution >= 4 is 12.0 Å². The summed E-state index contributed by atoms with van der Waals surface area (Å²) in [5, 5.41) is 12.3. The van der Waals surface area contributed by atoms with Crippen LogP contribution >= 0.6 is 0 Å². The van der Waals surface area contributed by atoms with Crippen molar-refractivity contribution in [2.75, 3.05) is 0 Å². The predicted molar refractivity (Wildman–Crippen MR) is 71.1 cm³/mol. The smallest absolute Gasteiger partial charge is 0.328 e. The molecule has 0 fully saturated rings. The van der Waals surface area contributed by atoms with E-state index >= 15 is 0 Å². The van der Waals surface area contributed by atoms with Gasteiger partial charge in [0.15, 0.2) is 18.2 Å². The molecule has 0 saturated carbocycles. The number of aromatic nitrogens is 2. The van der Waals surface area contributed by atoms with Crippen LogP contribution in [-0.4, -0.2) is 21.2 Å². The van der Waals surface area contributed by atoms with Gasteiger partial charge < -0.3 is 14.4 Å². The van der Waals surface area contributed by atoms with E-state index in [4.69, 9.17) is 14.4 Å². The van der Waals surface area contributed by atoms with Crippen LogP contribution in [-0.2, 0) is 17.8 Å². The van der Waals surface area contributed by atoms with Crippen LogP contribution in [0.2, 0.25) is 0 Å². The number of aryl methyl sites for hydroxylation is 1. The van der Waals surface area contributed by atoms with Gasteiger partial charge >= 0.3 is 5.97 Å². The third-order valence-corrected chi connectivity index (χ3v) is 2.56. The van der Waals surface area contributed by atoms with Crippen molar-refractivity contribution in [1.82, 2.24) is 10.1 Å². The molecule has 1 aromatic heterocycles. The Labute approximate surface area is 119 Å². The third-order valence-electron chi connectivity index (χ3n) is 2.56. The van der Waals surface area contributed by atoms with E-state index in [0.717, 1.165) is 6.08 Å². The van der Waals surface area contributed by atoms with Gasteiger partial charge in [-0.25, -0.2) is 9.18 Å². The maximum atomic E-state index is 13.8. The predicted octanol–water partition coefficient (Wildman–Crippen LogP) is 2.45. The van der Waals surface area contributed by atoms with Gasteiger partial charge in [0.2, 0.25) is 11.7 Å². The molecule has 110 valence electrons. The zero-order valence-electron chi connectivity index (χ0n) is 11.2. The number of rotatable bonds is 6. The van der Waals surface area contributed by atoms with E-state index in [1.54, 1.807) is 6.07 Å². The quantitative estimate of drug-likeness (QED) is 0.823. The molecule has 0 aliphatic heterocycles. The summed E-state index contributed by atoms with van der Waals surface area (Å²) in [5.41, 5.74) is 0.316. The van der Waals surface area contributed by atoms with E-state index in [9.17, 15) is 9.18 Å². The second-order valence-corrected chi connectivity index (χ2v) is 4.08. The third kappa shape index (κ3) is 3.88. The highest BCUT2D eigenvalue weighted by Gasteiger charge is 2.11. The maximum Gasteiger partial charge on any atom is 0.328 e. The summed E-state index contributed by atoms with van der Waals surface area (Å²) in [6, 6.07) is 4.24. The van der Waals surface area contributed by atoms with Gasteiger partial charge in [-0.15, -0.1) is 0 Å². The number of aliphatic carboxylic acids is 1. The zero-order chi connectivity index (χ0) is 15.2. The van der Waals surface area contributed by atoms with E-state index in [1.807, 2.05) is 6.92 Å². The molecule has 0 aliphatic rings. The number of para-hydroxylation sites is 1. The minimum absolute atomic E-state index is 0.0575. The van der Waals surface area contributed by atoms with Gasteiger partial charge in [-0.2, -0.15) is 4.98 Å². The van der Waals surface area contributed by atoms with E-state index in [2.05, 4.69) is 10.1 Å². The molecule has 6 nitrogen and oxygen atoms in total. The Kier molecular flexibility index (Phi) is 4.65. The highest BCUT2D eigenvalue weighted by Crippen LogP contribution is 2.24. The number of nitrogens with zero attached hydrogens (tertiary/aromatic N) is 2. The molecule has 0 unspecified atom stereocenters. The summed E-state index contributed by atoms with van der Waals surface area (Å²) >= 11 is 0. The molecule has 0 bridgehead atoms.